The third kappa shape index (κ3) is 5.80. The smallest absolute Gasteiger partial charge is 0.129 e. The van der Waals surface area contributed by atoms with E-state index in [0.29, 0.717) is 11.7 Å². The van der Waals surface area contributed by atoms with Gasteiger partial charge in [-0.15, -0.1) is 0 Å². The summed E-state index contributed by atoms with van der Waals surface area (Å²) in [6.07, 6.45) is 2.53. The Morgan fingerprint density at radius 3 is 2.40 bits per heavy atom. The van der Waals surface area contributed by atoms with E-state index in [2.05, 4.69) is 26.1 Å². The van der Waals surface area contributed by atoms with Crippen LogP contribution in [0.25, 0.3) is 0 Å². The van der Waals surface area contributed by atoms with E-state index in [4.69, 9.17) is 0 Å². The molecule has 0 heterocycles. The molecule has 0 saturated carbocycles. The Balaban J connectivity index is 2.68. The number of nitrogens with one attached hydrogen (secondary N) is 1. The van der Waals surface area contributed by atoms with Gasteiger partial charge in [0, 0.05) is 22.6 Å². The summed E-state index contributed by atoms with van der Waals surface area (Å²) in [6.45, 7) is 7.31. The summed E-state index contributed by atoms with van der Waals surface area (Å²) in [5, 5.41) is 3.97. The van der Waals surface area contributed by atoms with Gasteiger partial charge in [-0.1, -0.05) is 26.8 Å². The molecule has 1 aromatic rings. The van der Waals surface area contributed by atoms with Gasteiger partial charge in [0.1, 0.15) is 11.6 Å². The van der Waals surface area contributed by atoms with Crippen molar-refractivity contribution in [1.29, 1.82) is 0 Å². The van der Waals surface area contributed by atoms with E-state index in [1.165, 1.54) is 18.2 Å². The van der Waals surface area contributed by atoms with Crippen LogP contribution in [0.2, 0.25) is 0 Å². The standard InChI is InChI=1S/C16H25F2NS/c1-4-9-19-13(11-20-12(3)5-2)10-14-15(17)7-6-8-16(14)18/h6-8,12-13,19H,4-5,9-11H2,1-3H3. The van der Waals surface area contributed by atoms with Crippen LogP contribution in [-0.2, 0) is 6.42 Å². The molecule has 20 heavy (non-hydrogen) atoms. The minimum absolute atomic E-state index is 0.111. The predicted molar refractivity (Wildman–Crippen MR) is 84.4 cm³/mol. The zero-order chi connectivity index (χ0) is 15.0. The summed E-state index contributed by atoms with van der Waals surface area (Å²) in [7, 11) is 0. The van der Waals surface area contributed by atoms with Crippen LogP contribution >= 0.6 is 11.8 Å². The first-order valence-corrected chi connectivity index (χ1v) is 8.41. The number of halogens is 2. The van der Waals surface area contributed by atoms with Gasteiger partial charge in [-0.3, -0.25) is 0 Å². The largest absolute Gasteiger partial charge is 0.313 e. The molecule has 1 aromatic carbocycles. The van der Waals surface area contributed by atoms with Gasteiger partial charge in [-0.25, -0.2) is 8.78 Å². The minimum atomic E-state index is -0.443. The van der Waals surface area contributed by atoms with Crippen molar-refractivity contribution in [1.82, 2.24) is 5.32 Å². The van der Waals surface area contributed by atoms with E-state index in [1.807, 2.05) is 11.8 Å². The molecular weight excluding hydrogens is 276 g/mol. The highest BCUT2D eigenvalue weighted by Crippen LogP contribution is 2.19. The van der Waals surface area contributed by atoms with Gasteiger partial charge in [-0.05, 0) is 37.9 Å². The van der Waals surface area contributed by atoms with Crippen molar-refractivity contribution in [3.05, 3.63) is 35.4 Å². The average molecular weight is 301 g/mol. The first kappa shape index (κ1) is 17.4. The maximum absolute atomic E-state index is 13.7. The van der Waals surface area contributed by atoms with Gasteiger partial charge < -0.3 is 5.32 Å². The first-order valence-electron chi connectivity index (χ1n) is 7.36. The zero-order valence-corrected chi connectivity index (χ0v) is 13.4. The maximum atomic E-state index is 13.7. The fraction of sp³-hybridized carbons (Fsp3) is 0.625. The van der Waals surface area contributed by atoms with Crippen LogP contribution in [0.15, 0.2) is 18.2 Å². The second-order valence-corrected chi connectivity index (χ2v) is 6.58. The molecule has 114 valence electrons. The van der Waals surface area contributed by atoms with Crippen molar-refractivity contribution >= 4 is 11.8 Å². The fourth-order valence-corrected chi connectivity index (χ4v) is 2.94. The molecule has 0 spiro atoms. The Kier molecular flexibility index (Phi) is 8.15. The maximum Gasteiger partial charge on any atom is 0.129 e. The zero-order valence-electron chi connectivity index (χ0n) is 12.6. The van der Waals surface area contributed by atoms with E-state index in [-0.39, 0.29) is 11.6 Å². The minimum Gasteiger partial charge on any atom is -0.313 e. The van der Waals surface area contributed by atoms with Crippen LogP contribution in [0.1, 0.15) is 39.2 Å². The predicted octanol–water partition coefficient (Wildman–Crippen LogP) is 4.41. The molecule has 2 atom stereocenters. The molecule has 0 bridgehead atoms. The quantitative estimate of drug-likeness (QED) is 0.725. The summed E-state index contributed by atoms with van der Waals surface area (Å²) < 4.78 is 27.4. The second kappa shape index (κ2) is 9.35. The lowest BCUT2D eigenvalue weighted by Crippen LogP contribution is -2.35. The Morgan fingerprint density at radius 1 is 1.20 bits per heavy atom. The lowest BCUT2D eigenvalue weighted by Gasteiger charge is -2.20. The highest BCUT2D eigenvalue weighted by atomic mass is 32.2. The Labute approximate surface area is 125 Å². The molecule has 1 rings (SSSR count). The summed E-state index contributed by atoms with van der Waals surface area (Å²) in [5.74, 6) is -0.00773. The van der Waals surface area contributed by atoms with Crippen LogP contribution in [0.4, 0.5) is 8.78 Å². The van der Waals surface area contributed by atoms with Crippen molar-refractivity contribution in [3.63, 3.8) is 0 Å². The van der Waals surface area contributed by atoms with Crippen LogP contribution in [0.5, 0.6) is 0 Å². The van der Waals surface area contributed by atoms with Gasteiger partial charge in [0.05, 0.1) is 0 Å². The molecule has 0 aliphatic heterocycles. The lowest BCUT2D eigenvalue weighted by molar-refractivity contribution is 0.503. The summed E-state index contributed by atoms with van der Waals surface area (Å²) >= 11 is 1.86. The molecule has 0 aliphatic rings. The number of hydrogen-bond acceptors (Lipinski definition) is 2. The second-order valence-electron chi connectivity index (χ2n) is 5.11. The monoisotopic (exact) mass is 301 g/mol. The molecular formula is C16H25F2NS. The molecule has 0 radical (unpaired) electrons. The van der Waals surface area contributed by atoms with Crippen molar-refractivity contribution in [2.24, 2.45) is 0 Å². The average Bonchev–Trinajstić information content (AvgIpc) is 2.44. The molecule has 1 N–H and O–H groups in total. The summed E-state index contributed by atoms with van der Waals surface area (Å²) in [5.41, 5.74) is 0.200. The van der Waals surface area contributed by atoms with Gasteiger partial charge in [0.15, 0.2) is 0 Å². The third-order valence-electron chi connectivity index (χ3n) is 3.35. The molecule has 0 fully saturated rings. The molecule has 2 unspecified atom stereocenters. The van der Waals surface area contributed by atoms with Crippen LogP contribution in [0, 0.1) is 11.6 Å². The molecule has 0 amide bonds. The number of hydrogen-bond donors (Lipinski definition) is 1. The third-order valence-corrected chi connectivity index (χ3v) is 4.85. The van der Waals surface area contributed by atoms with Crippen LogP contribution in [-0.4, -0.2) is 23.6 Å². The fourth-order valence-electron chi connectivity index (χ4n) is 1.91. The highest BCUT2D eigenvalue weighted by molar-refractivity contribution is 7.99. The molecule has 1 nitrogen and oxygen atoms in total. The summed E-state index contributed by atoms with van der Waals surface area (Å²) in [6, 6.07) is 4.19. The SMILES string of the molecule is CCCNC(CSC(C)CC)Cc1c(F)cccc1F. The first-order chi connectivity index (χ1) is 9.58. The van der Waals surface area contributed by atoms with Gasteiger partial charge in [0.25, 0.3) is 0 Å². The molecule has 0 aliphatic carbocycles. The van der Waals surface area contributed by atoms with E-state index < -0.39 is 11.6 Å². The lowest BCUT2D eigenvalue weighted by atomic mass is 10.1. The van der Waals surface area contributed by atoms with Crippen molar-refractivity contribution in [2.45, 2.75) is 51.3 Å². The highest BCUT2D eigenvalue weighted by Gasteiger charge is 2.16. The Bertz CT molecular complexity index is 378. The van der Waals surface area contributed by atoms with Crippen molar-refractivity contribution < 1.29 is 8.78 Å². The number of thioether (sulfide) groups is 1. The van der Waals surface area contributed by atoms with Gasteiger partial charge in [-0.2, -0.15) is 11.8 Å². The van der Waals surface area contributed by atoms with Gasteiger partial charge in [0.2, 0.25) is 0 Å². The van der Waals surface area contributed by atoms with E-state index in [0.717, 1.165) is 25.1 Å². The Morgan fingerprint density at radius 2 is 1.85 bits per heavy atom. The number of benzene rings is 1. The molecule has 4 heteroatoms. The van der Waals surface area contributed by atoms with Gasteiger partial charge >= 0.3 is 0 Å². The summed E-state index contributed by atoms with van der Waals surface area (Å²) in [4.78, 5) is 0. The van der Waals surface area contributed by atoms with Crippen molar-refractivity contribution in [3.8, 4) is 0 Å². The topological polar surface area (TPSA) is 12.0 Å². The number of rotatable bonds is 9. The van der Waals surface area contributed by atoms with Crippen LogP contribution < -0.4 is 5.32 Å². The Hall–Kier alpha value is -0.610. The van der Waals surface area contributed by atoms with Crippen LogP contribution in [0.3, 0.4) is 0 Å². The van der Waals surface area contributed by atoms with E-state index >= 15 is 0 Å². The van der Waals surface area contributed by atoms with E-state index in [9.17, 15) is 8.78 Å². The normalized spacial score (nSPS) is 14.2. The molecule has 0 saturated heterocycles. The molecule has 0 aromatic heterocycles. The van der Waals surface area contributed by atoms with Crippen molar-refractivity contribution in [2.75, 3.05) is 12.3 Å². The van der Waals surface area contributed by atoms with E-state index in [1.54, 1.807) is 0 Å².